The van der Waals surface area contributed by atoms with Crippen LogP contribution in [0.4, 0.5) is 0 Å². The second kappa shape index (κ2) is 11.4. The van der Waals surface area contributed by atoms with Crippen molar-refractivity contribution in [3.05, 3.63) is 45.2 Å². The van der Waals surface area contributed by atoms with Crippen LogP contribution in [-0.2, 0) is 16.0 Å². The molecule has 2 saturated heterocycles. The first-order valence-electron chi connectivity index (χ1n) is 12.1. The zero-order chi connectivity index (χ0) is 23.2. The van der Waals surface area contributed by atoms with E-state index in [0.29, 0.717) is 18.2 Å². The third kappa shape index (κ3) is 6.53. The second-order valence-corrected chi connectivity index (χ2v) is 9.61. The van der Waals surface area contributed by atoms with Gasteiger partial charge in [0, 0.05) is 38.3 Å². The number of hydrogen-bond acceptors (Lipinski definition) is 5. The number of fused-ring (bicyclic) bond motifs is 1. The fourth-order valence-corrected chi connectivity index (χ4v) is 4.98. The Morgan fingerprint density at radius 3 is 2.82 bits per heavy atom. The first kappa shape index (κ1) is 24.1. The van der Waals surface area contributed by atoms with Crippen LogP contribution >= 0.6 is 12.2 Å². The van der Waals surface area contributed by atoms with E-state index in [4.69, 9.17) is 21.7 Å². The fourth-order valence-electron chi connectivity index (χ4n) is 4.74. The van der Waals surface area contributed by atoms with E-state index < -0.39 is 0 Å². The molecule has 4 rings (SSSR count). The molecular formula is C25H36N4O3S. The summed E-state index contributed by atoms with van der Waals surface area (Å²) in [7, 11) is 0. The maximum Gasteiger partial charge on any atom is 0.253 e. The van der Waals surface area contributed by atoms with Crippen LogP contribution in [0.1, 0.15) is 36.0 Å². The molecule has 8 heteroatoms. The zero-order valence-electron chi connectivity index (χ0n) is 19.8. The Kier molecular flexibility index (Phi) is 8.35. The number of ether oxygens (including phenoxy) is 2. The number of aryl methyl sites for hydroxylation is 2. The van der Waals surface area contributed by atoms with Crippen LogP contribution in [0.15, 0.2) is 23.0 Å². The zero-order valence-corrected chi connectivity index (χ0v) is 20.6. The molecule has 2 fully saturated rings. The summed E-state index contributed by atoms with van der Waals surface area (Å²) in [4.78, 5) is 20.5. The van der Waals surface area contributed by atoms with Crippen molar-refractivity contribution in [2.24, 2.45) is 0 Å². The Bertz CT molecular complexity index is 1010. The van der Waals surface area contributed by atoms with E-state index in [0.717, 1.165) is 87.3 Å². The quantitative estimate of drug-likeness (QED) is 0.452. The van der Waals surface area contributed by atoms with E-state index >= 15 is 0 Å². The molecule has 2 N–H and O–H groups in total. The molecule has 0 spiro atoms. The highest BCUT2D eigenvalue weighted by Gasteiger charge is 2.22. The third-order valence-corrected chi connectivity index (χ3v) is 6.90. The van der Waals surface area contributed by atoms with Gasteiger partial charge < -0.3 is 24.7 Å². The molecule has 7 nitrogen and oxygen atoms in total. The molecule has 0 bridgehead atoms. The third-order valence-electron chi connectivity index (χ3n) is 6.50. The SMILES string of the molecule is Cc1cc(C)c2[nH]c(=O)c(CN(C[C@@H]3CCCO3)C(=S)NCCCN3CCOCC3)cc2c1. The van der Waals surface area contributed by atoms with Crippen molar-refractivity contribution < 1.29 is 9.47 Å². The van der Waals surface area contributed by atoms with Gasteiger partial charge in [0.15, 0.2) is 5.11 Å². The van der Waals surface area contributed by atoms with Gasteiger partial charge in [-0.1, -0.05) is 11.6 Å². The van der Waals surface area contributed by atoms with Crippen molar-refractivity contribution in [1.82, 2.24) is 20.1 Å². The van der Waals surface area contributed by atoms with Gasteiger partial charge >= 0.3 is 0 Å². The Morgan fingerprint density at radius 2 is 2.06 bits per heavy atom. The monoisotopic (exact) mass is 472 g/mol. The lowest BCUT2D eigenvalue weighted by atomic mass is 10.1. The van der Waals surface area contributed by atoms with Crippen LogP contribution in [0.5, 0.6) is 0 Å². The van der Waals surface area contributed by atoms with E-state index in [1.54, 1.807) is 0 Å². The number of aromatic amines is 1. The lowest BCUT2D eigenvalue weighted by molar-refractivity contribution is 0.0375. The van der Waals surface area contributed by atoms with Crippen LogP contribution in [0.3, 0.4) is 0 Å². The van der Waals surface area contributed by atoms with E-state index in [1.165, 1.54) is 5.56 Å². The number of morpholine rings is 1. The first-order chi connectivity index (χ1) is 16.0. The number of benzene rings is 1. The van der Waals surface area contributed by atoms with Gasteiger partial charge in [-0.15, -0.1) is 0 Å². The molecule has 0 radical (unpaired) electrons. The number of pyridine rings is 1. The van der Waals surface area contributed by atoms with Gasteiger partial charge in [-0.3, -0.25) is 9.69 Å². The molecule has 0 aliphatic carbocycles. The Labute approximate surface area is 201 Å². The number of hydrogen-bond donors (Lipinski definition) is 2. The largest absolute Gasteiger partial charge is 0.379 e. The Hall–Kier alpha value is -2.00. The highest BCUT2D eigenvalue weighted by atomic mass is 32.1. The van der Waals surface area contributed by atoms with Gasteiger partial charge in [-0.25, -0.2) is 0 Å². The molecule has 1 atom stereocenters. The number of H-pyrrole nitrogens is 1. The minimum absolute atomic E-state index is 0.0538. The molecule has 2 aliphatic heterocycles. The summed E-state index contributed by atoms with van der Waals surface area (Å²) in [6.07, 6.45) is 3.28. The normalized spacial score (nSPS) is 19.2. The highest BCUT2D eigenvalue weighted by Crippen LogP contribution is 2.19. The van der Waals surface area contributed by atoms with Crippen LogP contribution < -0.4 is 10.9 Å². The summed E-state index contributed by atoms with van der Waals surface area (Å²) in [5.74, 6) is 0. The van der Waals surface area contributed by atoms with Crippen LogP contribution in [0.25, 0.3) is 10.9 Å². The Morgan fingerprint density at radius 1 is 1.24 bits per heavy atom. The van der Waals surface area contributed by atoms with Crippen LogP contribution in [0, 0.1) is 13.8 Å². The van der Waals surface area contributed by atoms with Crippen LogP contribution in [-0.4, -0.2) is 78.5 Å². The molecule has 1 aromatic heterocycles. The minimum atomic E-state index is -0.0538. The molecule has 0 amide bonds. The number of nitrogens with zero attached hydrogens (tertiary/aromatic N) is 2. The summed E-state index contributed by atoms with van der Waals surface area (Å²) in [5.41, 5.74) is 3.85. The molecule has 2 aromatic rings. The highest BCUT2D eigenvalue weighted by molar-refractivity contribution is 7.80. The first-order valence-corrected chi connectivity index (χ1v) is 12.5. The number of rotatable bonds is 8. The molecule has 2 aliphatic rings. The maximum absolute atomic E-state index is 12.9. The average Bonchev–Trinajstić information content (AvgIpc) is 3.31. The van der Waals surface area contributed by atoms with Crippen molar-refractivity contribution in [2.45, 2.75) is 45.8 Å². The minimum Gasteiger partial charge on any atom is -0.379 e. The molecular weight excluding hydrogens is 436 g/mol. The predicted octanol–water partition coefficient (Wildman–Crippen LogP) is 2.72. The molecule has 1 aromatic carbocycles. The van der Waals surface area contributed by atoms with E-state index in [-0.39, 0.29) is 11.7 Å². The van der Waals surface area contributed by atoms with Gasteiger partial charge in [0.2, 0.25) is 0 Å². The van der Waals surface area contributed by atoms with Crippen molar-refractivity contribution in [1.29, 1.82) is 0 Å². The number of nitrogens with one attached hydrogen (secondary N) is 2. The lowest BCUT2D eigenvalue weighted by Gasteiger charge is -2.29. The van der Waals surface area contributed by atoms with Gasteiger partial charge in [0.1, 0.15) is 0 Å². The lowest BCUT2D eigenvalue weighted by Crippen LogP contribution is -2.45. The number of thiocarbonyl (C=S) groups is 1. The van der Waals surface area contributed by atoms with E-state index in [9.17, 15) is 4.79 Å². The van der Waals surface area contributed by atoms with E-state index in [2.05, 4.69) is 39.2 Å². The molecule has 33 heavy (non-hydrogen) atoms. The summed E-state index contributed by atoms with van der Waals surface area (Å²) in [6.45, 7) is 11.6. The van der Waals surface area contributed by atoms with Crippen LogP contribution in [0.2, 0.25) is 0 Å². The van der Waals surface area contributed by atoms with Gasteiger partial charge in [-0.05, 0) is 75.0 Å². The fraction of sp³-hybridized carbons (Fsp3) is 0.600. The Balaban J connectivity index is 1.43. The van der Waals surface area contributed by atoms with Crippen molar-refractivity contribution in [2.75, 3.05) is 52.5 Å². The molecule has 0 saturated carbocycles. The van der Waals surface area contributed by atoms with Crippen molar-refractivity contribution in [3.63, 3.8) is 0 Å². The van der Waals surface area contributed by atoms with Crippen molar-refractivity contribution in [3.8, 4) is 0 Å². The summed E-state index contributed by atoms with van der Waals surface area (Å²) in [5, 5.41) is 5.17. The molecule has 180 valence electrons. The predicted molar refractivity (Wildman–Crippen MR) is 136 cm³/mol. The molecule has 0 unspecified atom stereocenters. The summed E-state index contributed by atoms with van der Waals surface area (Å²) < 4.78 is 11.3. The molecule has 3 heterocycles. The average molecular weight is 473 g/mol. The maximum atomic E-state index is 12.9. The number of aromatic nitrogens is 1. The summed E-state index contributed by atoms with van der Waals surface area (Å²) >= 11 is 5.77. The van der Waals surface area contributed by atoms with Gasteiger partial charge in [0.25, 0.3) is 5.56 Å². The smallest absolute Gasteiger partial charge is 0.253 e. The van der Waals surface area contributed by atoms with E-state index in [1.807, 2.05) is 13.0 Å². The summed E-state index contributed by atoms with van der Waals surface area (Å²) in [6, 6.07) is 6.23. The second-order valence-electron chi connectivity index (χ2n) is 9.22. The van der Waals surface area contributed by atoms with Gasteiger partial charge in [0.05, 0.1) is 31.4 Å². The van der Waals surface area contributed by atoms with Crippen molar-refractivity contribution >= 4 is 28.2 Å². The topological polar surface area (TPSA) is 69.8 Å². The van der Waals surface area contributed by atoms with Gasteiger partial charge in [-0.2, -0.15) is 0 Å². The standard InChI is InChI=1S/C25H36N4O3S/c1-18-13-19(2)23-20(14-18)15-21(24(30)27-23)16-29(17-22-5-3-10-32-22)25(33)26-6-4-7-28-8-11-31-12-9-28/h13-15,22H,3-12,16-17H2,1-2H3,(H,26,33)(H,27,30)/t22-/m0/s1.